The molecule has 0 aliphatic carbocycles. The fraction of sp³-hybridized carbons (Fsp3) is 0.643. The topological polar surface area (TPSA) is 50.9 Å². The Morgan fingerprint density at radius 2 is 2.06 bits per heavy atom. The van der Waals surface area contributed by atoms with Gasteiger partial charge in [-0.1, -0.05) is 33.8 Å². The molecule has 0 bridgehead atoms. The summed E-state index contributed by atoms with van der Waals surface area (Å²) in [7, 11) is 0. The third-order valence-electron chi connectivity index (χ3n) is 3.76. The normalized spacial score (nSPS) is 13.7. The number of nitrogens with zero attached hydrogens (tertiary/aromatic N) is 1. The van der Waals surface area contributed by atoms with Crippen molar-refractivity contribution in [1.82, 2.24) is 10.4 Å². The Morgan fingerprint density at radius 3 is 2.47 bits per heavy atom. The van der Waals surface area contributed by atoms with Gasteiger partial charge in [0.1, 0.15) is 0 Å². The molecular formula is C14H25N3. The van der Waals surface area contributed by atoms with Crippen molar-refractivity contribution in [2.45, 2.75) is 53.0 Å². The van der Waals surface area contributed by atoms with Crippen LogP contribution in [-0.4, -0.2) is 11.0 Å². The summed E-state index contributed by atoms with van der Waals surface area (Å²) in [6.07, 6.45) is 4.96. The Hall–Kier alpha value is -0.930. The van der Waals surface area contributed by atoms with Gasteiger partial charge in [0, 0.05) is 24.4 Å². The highest BCUT2D eigenvalue weighted by Crippen LogP contribution is 2.26. The smallest absolute Gasteiger partial charge is 0.0420 e. The lowest BCUT2D eigenvalue weighted by Gasteiger charge is -2.32. The van der Waals surface area contributed by atoms with Gasteiger partial charge in [-0.2, -0.15) is 0 Å². The number of hydrogen-bond acceptors (Lipinski definition) is 3. The van der Waals surface area contributed by atoms with Gasteiger partial charge < -0.3 is 0 Å². The molecule has 1 aromatic rings. The highest BCUT2D eigenvalue weighted by atomic mass is 15.2. The largest absolute Gasteiger partial charge is 0.271 e. The lowest BCUT2D eigenvalue weighted by Crippen LogP contribution is -2.47. The highest BCUT2D eigenvalue weighted by Gasteiger charge is 2.27. The van der Waals surface area contributed by atoms with Crippen molar-refractivity contribution in [3.05, 3.63) is 29.6 Å². The number of rotatable bonds is 6. The number of hydrazine groups is 1. The van der Waals surface area contributed by atoms with Crippen molar-refractivity contribution in [3.8, 4) is 0 Å². The van der Waals surface area contributed by atoms with Crippen molar-refractivity contribution >= 4 is 0 Å². The summed E-state index contributed by atoms with van der Waals surface area (Å²) in [5.74, 6) is 5.66. The van der Waals surface area contributed by atoms with Crippen LogP contribution in [0.5, 0.6) is 0 Å². The second-order valence-electron chi connectivity index (χ2n) is 5.28. The van der Waals surface area contributed by atoms with Gasteiger partial charge in [0.05, 0.1) is 0 Å². The molecule has 0 aromatic carbocycles. The summed E-state index contributed by atoms with van der Waals surface area (Å²) in [6, 6.07) is 4.51. The van der Waals surface area contributed by atoms with Crippen LogP contribution in [0.3, 0.4) is 0 Å². The average molecular weight is 235 g/mol. The maximum absolute atomic E-state index is 5.66. The molecule has 0 radical (unpaired) electrons. The second-order valence-corrected chi connectivity index (χ2v) is 5.28. The van der Waals surface area contributed by atoms with E-state index in [1.54, 1.807) is 0 Å². The lowest BCUT2D eigenvalue weighted by atomic mass is 9.80. The zero-order valence-electron chi connectivity index (χ0n) is 11.5. The molecule has 1 rings (SSSR count). The highest BCUT2D eigenvalue weighted by molar-refractivity contribution is 5.15. The summed E-state index contributed by atoms with van der Waals surface area (Å²) < 4.78 is 0. The number of pyridine rings is 1. The molecule has 1 atom stereocenters. The van der Waals surface area contributed by atoms with E-state index in [0.717, 1.165) is 25.0 Å². The van der Waals surface area contributed by atoms with Gasteiger partial charge in [0.2, 0.25) is 0 Å². The summed E-state index contributed by atoms with van der Waals surface area (Å²) in [5.41, 5.74) is 5.49. The quantitative estimate of drug-likeness (QED) is 0.588. The van der Waals surface area contributed by atoms with Crippen molar-refractivity contribution in [2.24, 2.45) is 11.3 Å². The molecule has 0 aliphatic heterocycles. The molecule has 3 nitrogen and oxygen atoms in total. The number of nitrogens with one attached hydrogen (secondary N) is 1. The minimum Gasteiger partial charge on any atom is -0.271 e. The fourth-order valence-corrected chi connectivity index (χ4v) is 1.80. The SMILES string of the molecule is CCc1ccc(CC(NN)C(C)(C)CC)nc1. The Morgan fingerprint density at radius 1 is 1.35 bits per heavy atom. The number of hydrogen-bond donors (Lipinski definition) is 2. The zero-order chi connectivity index (χ0) is 12.9. The van der Waals surface area contributed by atoms with E-state index < -0.39 is 0 Å². The van der Waals surface area contributed by atoms with Crippen molar-refractivity contribution in [1.29, 1.82) is 0 Å². The minimum atomic E-state index is 0.180. The molecule has 0 spiro atoms. The number of aryl methyl sites for hydroxylation is 1. The van der Waals surface area contributed by atoms with E-state index in [1.165, 1.54) is 5.56 Å². The third-order valence-corrected chi connectivity index (χ3v) is 3.76. The van der Waals surface area contributed by atoms with Crippen LogP contribution in [0, 0.1) is 5.41 Å². The maximum atomic E-state index is 5.66. The molecule has 0 amide bonds. The molecule has 0 saturated carbocycles. The second kappa shape index (κ2) is 6.12. The van der Waals surface area contributed by atoms with Crippen LogP contribution in [0.25, 0.3) is 0 Å². The Balaban J connectivity index is 2.73. The standard InChI is InChI=1S/C14H25N3/c1-5-11-7-8-12(16-10-11)9-13(17-15)14(3,4)6-2/h7-8,10,13,17H,5-6,9,15H2,1-4H3. The molecule has 0 aliphatic rings. The van der Waals surface area contributed by atoms with Crippen molar-refractivity contribution in [3.63, 3.8) is 0 Å². The first-order valence-electron chi connectivity index (χ1n) is 6.43. The average Bonchev–Trinajstić information content (AvgIpc) is 2.36. The maximum Gasteiger partial charge on any atom is 0.0420 e. The Kier molecular flexibility index (Phi) is 5.09. The molecule has 0 saturated heterocycles. The van der Waals surface area contributed by atoms with Crippen LogP contribution in [0.1, 0.15) is 45.4 Å². The molecule has 96 valence electrons. The van der Waals surface area contributed by atoms with E-state index in [2.05, 4.69) is 50.2 Å². The van der Waals surface area contributed by atoms with E-state index in [0.29, 0.717) is 0 Å². The van der Waals surface area contributed by atoms with Gasteiger partial charge in [-0.3, -0.25) is 16.3 Å². The van der Waals surface area contributed by atoms with Gasteiger partial charge in [-0.15, -0.1) is 0 Å². The van der Waals surface area contributed by atoms with Crippen LogP contribution < -0.4 is 11.3 Å². The lowest BCUT2D eigenvalue weighted by molar-refractivity contribution is 0.230. The van der Waals surface area contributed by atoms with E-state index in [1.807, 2.05) is 6.20 Å². The van der Waals surface area contributed by atoms with Crippen LogP contribution in [0.4, 0.5) is 0 Å². The first-order valence-corrected chi connectivity index (χ1v) is 6.43. The van der Waals surface area contributed by atoms with E-state index in [4.69, 9.17) is 5.84 Å². The summed E-state index contributed by atoms with van der Waals surface area (Å²) in [5, 5.41) is 0. The van der Waals surface area contributed by atoms with Crippen molar-refractivity contribution < 1.29 is 0 Å². The summed E-state index contributed by atoms with van der Waals surface area (Å²) in [6.45, 7) is 8.80. The van der Waals surface area contributed by atoms with E-state index in [9.17, 15) is 0 Å². The van der Waals surface area contributed by atoms with Gasteiger partial charge in [0.25, 0.3) is 0 Å². The van der Waals surface area contributed by atoms with Gasteiger partial charge in [-0.05, 0) is 29.9 Å². The third kappa shape index (κ3) is 3.79. The monoisotopic (exact) mass is 235 g/mol. The van der Waals surface area contributed by atoms with Gasteiger partial charge in [0.15, 0.2) is 0 Å². The minimum absolute atomic E-state index is 0.180. The molecule has 1 aromatic heterocycles. The number of aromatic nitrogens is 1. The molecule has 3 N–H and O–H groups in total. The predicted octanol–water partition coefficient (Wildman–Crippen LogP) is 2.45. The van der Waals surface area contributed by atoms with E-state index >= 15 is 0 Å². The first-order chi connectivity index (χ1) is 8.03. The van der Waals surface area contributed by atoms with Gasteiger partial charge in [-0.25, -0.2) is 0 Å². The summed E-state index contributed by atoms with van der Waals surface area (Å²) in [4.78, 5) is 4.49. The molecule has 17 heavy (non-hydrogen) atoms. The van der Waals surface area contributed by atoms with Crippen molar-refractivity contribution in [2.75, 3.05) is 0 Å². The molecule has 1 unspecified atom stereocenters. The van der Waals surface area contributed by atoms with Crippen LogP contribution in [0.2, 0.25) is 0 Å². The fourth-order valence-electron chi connectivity index (χ4n) is 1.80. The molecule has 0 fully saturated rings. The Bertz CT molecular complexity index is 330. The Labute approximate surface area is 105 Å². The molecular weight excluding hydrogens is 210 g/mol. The van der Waals surface area contributed by atoms with E-state index in [-0.39, 0.29) is 11.5 Å². The first kappa shape index (κ1) is 14.1. The molecule has 3 heteroatoms. The number of nitrogens with two attached hydrogens (primary N) is 1. The summed E-state index contributed by atoms with van der Waals surface area (Å²) >= 11 is 0. The zero-order valence-corrected chi connectivity index (χ0v) is 11.5. The predicted molar refractivity (Wildman–Crippen MR) is 72.5 cm³/mol. The van der Waals surface area contributed by atoms with Crippen LogP contribution in [-0.2, 0) is 12.8 Å². The van der Waals surface area contributed by atoms with Crippen LogP contribution in [0.15, 0.2) is 18.3 Å². The molecule has 1 heterocycles. The van der Waals surface area contributed by atoms with Crippen LogP contribution >= 0.6 is 0 Å². The van der Waals surface area contributed by atoms with Gasteiger partial charge >= 0.3 is 0 Å².